The van der Waals surface area contributed by atoms with E-state index in [-0.39, 0.29) is 13.2 Å². The number of rotatable bonds is 8. The van der Waals surface area contributed by atoms with E-state index >= 15 is 0 Å². The zero-order chi connectivity index (χ0) is 13.3. The molecule has 7 nitrogen and oxygen atoms in total. The van der Waals surface area contributed by atoms with E-state index < -0.39 is 13.8 Å². The normalized spacial score (nSPS) is 14.9. The van der Waals surface area contributed by atoms with Gasteiger partial charge in [0, 0.05) is 13.5 Å². The lowest BCUT2D eigenvalue weighted by atomic mass is 10.6. The Morgan fingerprint density at radius 2 is 2.12 bits per heavy atom. The molecule has 0 rings (SSSR count). The van der Waals surface area contributed by atoms with Crippen molar-refractivity contribution in [2.24, 2.45) is 0 Å². The van der Waals surface area contributed by atoms with Gasteiger partial charge < -0.3 is 14.2 Å². The molecule has 1 N–H and O–H groups in total. The minimum absolute atomic E-state index is 0.0208. The van der Waals surface area contributed by atoms with Crippen molar-refractivity contribution in [1.82, 2.24) is 4.90 Å². The average molecular weight is 267 g/mol. The first-order valence-electron chi connectivity index (χ1n) is 4.92. The third-order valence-electron chi connectivity index (χ3n) is 1.47. The summed E-state index contributed by atoms with van der Waals surface area (Å²) in [6.07, 6.45) is 2.26. The number of phosphoric acid groups is 1. The molecule has 0 fully saturated rings. The molecule has 0 aromatic heterocycles. The second-order valence-corrected chi connectivity index (χ2v) is 4.79. The molecule has 0 aliphatic carbocycles. The minimum atomic E-state index is -4.07. The van der Waals surface area contributed by atoms with Crippen LogP contribution in [0.3, 0.4) is 0 Å². The Kier molecular flexibility index (Phi) is 7.82. The molecule has 1 atom stereocenters. The number of hydrogen-bond acceptors (Lipinski definition) is 6. The number of ether oxygens (including phenoxy) is 1. The molecule has 100 valence electrons. The third kappa shape index (κ3) is 11.4. The van der Waals surface area contributed by atoms with Crippen molar-refractivity contribution in [3.05, 3.63) is 12.3 Å². The predicted octanol–water partition coefficient (Wildman–Crippen LogP) is 0.758. The molecule has 0 aliphatic heterocycles. The molecule has 0 aliphatic rings. The maximum Gasteiger partial charge on any atom is 0.526 e. The summed E-state index contributed by atoms with van der Waals surface area (Å²) >= 11 is 0. The van der Waals surface area contributed by atoms with Crippen LogP contribution in [0.15, 0.2) is 12.3 Å². The smallest absolute Gasteiger partial charge is 0.462 e. The molecule has 1 unspecified atom stereocenters. The van der Waals surface area contributed by atoms with Gasteiger partial charge in [0.2, 0.25) is 0 Å². The zero-order valence-electron chi connectivity index (χ0n) is 10.2. The fourth-order valence-corrected chi connectivity index (χ4v) is 1.31. The lowest BCUT2D eigenvalue weighted by molar-refractivity contribution is -0.139. The van der Waals surface area contributed by atoms with Crippen molar-refractivity contribution in [1.29, 1.82) is 0 Å². The Labute approximate surface area is 101 Å². The molecule has 0 spiro atoms. The van der Waals surface area contributed by atoms with Gasteiger partial charge in [-0.3, -0.25) is 14.2 Å². The second-order valence-electron chi connectivity index (χ2n) is 3.38. The van der Waals surface area contributed by atoms with Gasteiger partial charge in [-0.2, -0.15) is 0 Å². The maximum absolute atomic E-state index is 11.2. The first-order valence-corrected chi connectivity index (χ1v) is 6.42. The van der Waals surface area contributed by atoms with E-state index in [2.05, 4.69) is 13.8 Å². The van der Waals surface area contributed by atoms with E-state index in [4.69, 9.17) is 4.89 Å². The summed E-state index contributed by atoms with van der Waals surface area (Å²) in [5.41, 5.74) is 0. The maximum atomic E-state index is 11.2. The van der Waals surface area contributed by atoms with Gasteiger partial charge in [-0.25, -0.2) is 4.57 Å². The summed E-state index contributed by atoms with van der Waals surface area (Å²) in [6.45, 7) is 1.83. The number of esters is 1. The lowest BCUT2D eigenvalue weighted by Gasteiger charge is -2.12. The summed E-state index contributed by atoms with van der Waals surface area (Å²) in [5.74, 6) is -0.441. The van der Waals surface area contributed by atoms with Crippen LogP contribution >= 0.6 is 7.82 Å². The van der Waals surface area contributed by atoms with E-state index in [1.807, 2.05) is 14.1 Å². The van der Waals surface area contributed by atoms with Gasteiger partial charge >= 0.3 is 13.8 Å². The van der Waals surface area contributed by atoms with Gasteiger partial charge in [-0.05, 0) is 20.2 Å². The van der Waals surface area contributed by atoms with Crippen LogP contribution in [0.25, 0.3) is 0 Å². The summed E-state index contributed by atoms with van der Waals surface area (Å²) < 4.78 is 24.9. The molecule has 0 bridgehead atoms. The average Bonchev–Trinajstić information content (AvgIpc) is 2.15. The van der Waals surface area contributed by atoms with Crippen LogP contribution in [0.5, 0.6) is 0 Å². The van der Waals surface area contributed by atoms with Gasteiger partial charge in [-0.15, -0.1) is 0 Å². The fourth-order valence-electron chi connectivity index (χ4n) is 0.694. The predicted molar refractivity (Wildman–Crippen MR) is 61.2 cm³/mol. The molecule has 0 aromatic carbocycles. The number of nitrogens with zero attached hydrogens (tertiary/aromatic N) is 1. The van der Waals surface area contributed by atoms with Gasteiger partial charge in [0.25, 0.3) is 0 Å². The summed E-state index contributed by atoms with van der Waals surface area (Å²) in [4.78, 5) is 21.4. The molecule has 0 aromatic rings. The third-order valence-corrected chi connectivity index (χ3v) is 2.36. The Bertz CT molecular complexity index is 304. The molecular formula is C9H18NO6P. The minimum Gasteiger partial charge on any atom is -0.462 e. The highest BCUT2D eigenvalue weighted by molar-refractivity contribution is 7.47. The van der Waals surface area contributed by atoms with Crippen molar-refractivity contribution in [3.8, 4) is 0 Å². The number of likely N-dealkylation sites (N-methyl/N-ethyl adjacent to an activating group) is 1. The standard InChI is InChI=1S/C9H18NO6P/c1-9(11)14-6-4-7-15-17(12,13)16-8-5-10(2)3/h4,7H,5-6,8H2,1-3H3,(H,12,13)/b7-4+. The van der Waals surface area contributed by atoms with Crippen molar-refractivity contribution < 1.29 is 28.0 Å². The van der Waals surface area contributed by atoms with Gasteiger partial charge in [0.1, 0.15) is 6.61 Å². The van der Waals surface area contributed by atoms with Gasteiger partial charge in [-0.1, -0.05) is 0 Å². The first-order chi connectivity index (χ1) is 7.83. The Balaban J connectivity index is 3.77. The van der Waals surface area contributed by atoms with Crippen molar-refractivity contribution >= 4 is 13.8 Å². The molecule has 0 radical (unpaired) electrons. The topological polar surface area (TPSA) is 85.3 Å². The Morgan fingerprint density at radius 1 is 1.47 bits per heavy atom. The summed E-state index contributed by atoms with van der Waals surface area (Å²) in [7, 11) is -0.445. The SMILES string of the molecule is CC(=O)OC/C=C/OP(=O)(O)OCCN(C)C. The quantitative estimate of drug-likeness (QED) is 0.394. The van der Waals surface area contributed by atoms with Crippen LogP contribution in [-0.4, -0.2) is 49.6 Å². The monoisotopic (exact) mass is 267 g/mol. The van der Waals surface area contributed by atoms with Crippen LogP contribution in [0.1, 0.15) is 6.92 Å². The highest BCUT2D eigenvalue weighted by Gasteiger charge is 2.19. The number of phosphoric ester groups is 1. The van der Waals surface area contributed by atoms with E-state index in [9.17, 15) is 9.36 Å². The van der Waals surface area contributed by atoms with Crippen molar-refractivity contribution in [2.45, 2.75) is 6.92 Å². The van der Waals surface area contributed by atoms with Crippen LogP contribution in [0, 0.1) is 0 Å². The Morgan fingerprint density at radius 3 is 2.65 bits per heavy atom. The number of carbonyl (C=O) groups excluding carboxylic acids is 1. The molecule has 8 heteroatoms. The van der Waals surface area contributed by atoms with Crippen LogP contribution < -0.4 is 0 Å². The highest BCUT2D eigenvalue weighted by atomic mass is 31.2. The molecular weight excluding hydrogens is 249 g/mol. The highest BCUT2D eigenvalue weighted by Crippen LogP contribution is 2.43. The van der Waals surface area contributed by atoms with Crippen LogP contribution in [0.2, 0.25) is 0 Å². The van der Waals surface area contributed by atoms with E-state index in [0.717, 1.165) is 6.26 Å². The fraction of sp³-hybridized carbons (Fsp3) is 0.667. The lowest BCUT2D eigenvalue weighted by Crippen LogP contribution is -2.17. The first kappa shape index (κ1) is 16.1. The molecule has 0 amide bonds. The second kappa shape index (κ2) is 8.25. The van der Waals surface area contributed by atoms with Gasteiger partial charge in [0.15, 0.2) is 0 Å². The van der Waals surface area contributed by atoms with E-state index in [0.29, 0.717) is 6.54 Å². The zero-order valence-corrected chi connectivity index (χ0v) is 11.1. The van der Waals surface area contributed by atoms with Crippen LogP contribution in [0.4, 0.5) is 0 Å². The van der Waals surface area contributed by atoms with Crippen LogP contribution in [-0.2, 0) is 23.1 Å². The molecule has 0 heterocycles. The number of hydrogen-bond donors (Lipinski definition) is 1. The molecule has 0 saturated carbocycles. The van der Waals surface area contributed by atoms with Crippen molar-refractivity contribution in [2.75, 3.05) is 33.9 Å². The molecule has 17 heavy (non-hydrogen) atoms. The summed E-state index contributed by atoms with van der Waals surface area (Å²) in [5, 5.41) is 0. The number of carbonyl (C=O) groups is 1. The Hall–Kier alpha value is -0.880. The van der Waals surface area contributed by atoms with Crippen molar-refractivity contribution in [3.63, 3.8) is 0 Å². The molecule has 0 saturated heterocycles. The van der Waals surface area contributed by atoms with Gasteiger partial charge in [0.05, 0.1) is 12.9 Å². The summed E-state index contributed by atoms with van der Waals surface area (Å²) in [6, 6.07) is 0. The van der Waals surface area contributed by atoms with E-state index in [1.165, 1.54) is 13.0 Å². The largest absolute Gasteiger partial charge is 0.526 e. The van der Waals surface area contributed by atoms with E-state index in [1.54, 1.807) is 4.90 Å².